The van der Waals surface area contributed by atoms with E-state index in [0.29, 0.717) is 0 Å². The van der Waals surface area contributed by atoms with Gasteiger partial charge in [-0.25, -0.2) is 8.42 Å². The Bertz CT molecular complexity index is 824. The molecular formula is C16H15NO3S. The summed E-state index contributed by atoms with van der Waals surface area (Å²) in [4.78, 5) is 12.0. The van der Waals surface area contributed by atoms with Gasteiger partial charge in [0.05, 0.1) is 18.2 Å². The molecule has 1 aliphatic rings. The van der Waals surface area contributed by atoms with Crippen LogP contribution in [0.2, 0.25) is 0 Å². The summed E-state index contributed by atoms with van der Waals surface area (Å²) >= 11 is 0. The van der Waals surface area contributed by atoms with Gasteiger partial charge in [0, 0.05) is 5.41 Å². The highest BCUT2D eigenvalue weighted by molar-refractivity contribution is 7.94. The first-order valence-corrected chi connectivity index (χ1v) is 8.41. The third-order valence-corrected chi connectivity index (χ3v) is 4.85. The maximum atomic E-state index is 12.0. The number of fused-ring (bicyclic) bond motifs is 1. The van der Waals surface area contributed by atoms with E-state index >= 15 is 0 Å². The Labute approximate surface area is 123 Å². The molecule has 0 aromatic heterocycles. The summed E-state index contributed by atoms with van der Waals surface area (Å²) in [5, 5.41) is 6.11. The first-order valence-electron chi connectivity index (χ1n) is 6.70. The van der Waals surface area contributed by atoms with Crippen molar-refractivity contribution in [1.29, 1.82) is 0 Å². The van der Waals surface area contributed by atoms with Crippen LogP contribution in [-0.4, -0.2) is 26.1 Å². The van der Waals surface area contributed by atoms with Gasteiger partial charge in [-0.2, -0.15) is 0 Å². The van der Waals surface area contributed by atoms with Crippen LogP contribution in [0.1, 0.15) is 5.56 Å². The molecule has 0 bridgehead atoms. The van der Waals surface area contributed by atoms with E-state index in [4.69, 9.17) is 0 Å². The van der Waals surface area contributed by atoms with Gasteiger partial charge >= 0.3 is 0 Å². The molecule has 3 rings (SSSR count). The number of carbonyl (C=O) groups excluding carboxylic acids is 1. The second kappa shape index (κ2) is 5.33. The lowest BCUT2D eigenvalue weighted by molar-refractivity contribution is -0.120. The quantitative estimate of drug-likeness (QED) is 0.940. The molecule has 2 aromatic carbocycles. The first kappa shape index (κ1) is 13.8. The third-order valence-electron chi connectivity index (χ3n) is 3.46. The fourth-order valence-electron chi connectivity index (χ4n) is 2.46. The zero-order valence-electron chi connectivity index (χ0n) is 11.3. The summed E-state index contributed by atoms with van der Waals surface area (Å²) in [5.41, 5.74) is 0.913. The monoisotopic (exact) mass is 301 g/mol. The summed E-state index contributed by atoms with van der Waals surface area (Å²) in [5.74, 6) is -0.215. The van der Waals surface area contributed by atoms with E-state index < -0.39 is 15.9 Å². The molecule has 4 nitrogen and oxygen atoms in total. The molecular weight excluding hydrogens is 286 g/mol. The molecule has 0 saturated heterocycles. The van der Waals surface area contributed by atoms with Gasteiger partial charge in [0.2, 0.25) is 5.91 Å². The number of hydrogen-bond acceptors (Lipinski definition) is 3. The minimum atomic E-state index is -3.14. The number of amides is 1. The van der Waals surface area contributed by atoms with Crippen LogP contribution >= 0.6 is 0 Å². The van der Waals surface area contributed by atoms with Crippen LogP contribution in [-0.2, 0) is 21.1 Å². The molecule has 1 amide bonds. The van der Waals surface area contributed by atoms with Gasteiger partial charge in [-0.1, -0.05) is 42.5 Å². The van der Waals surface area contributed by atoms with Gasteiger partial charge < -0.3 is 5.32 Å². The summed E-state index contributed by atoms with van der Waals surface area (Å²) in [6.45, 7) is 0. The topological polar surface area (TPSA) is 63.2 Å². The Morgan fingerprint density at radius 2 is 1.90 bits per heavy atom. The molecule has 0 radical (unpaired) electrons. The number of benzene rings is 2. The molecule has 1 N–H and O–H groups in total. The lowest BCUT2D eigenvalue weighted by atomic mass is 10.0. The molecule has 5 heteroatoms. The van der Waals surface area contributed by atoms with Crippen molar-refractivity contribution in [1.82, 2.24) is 5.32 Å². The van der Waals surface area contributed by atoms with Gasteiger partial charge in [0.25, 0.3) is 0 Å². The minimum absolute atomic E-state index is 0.0452. The van der Waals surface area contributed by atoms with E-state index in [0.717, 1.165) is 21.7 Å². The molecule has 1 atom stereocenters. The Kier molecular flexibility index (Phi) is 3.51. The second-order valence-electron chi connectivity index (χ2n) is 5.19. The van der Waals surface area contributed by atoms with Crippen LogP contribution in [0.25, 0.3) is 10.8 Å². The van der Waals surface area contributed by atoms with Crippen molar-refractivity contribution in [3.05, 3.63) is 59.5 Å². The lowest BCUT2D eigenvalue weighted by Gasteiger charge is -2.10. The molecule has 2 aromatic rings. The first-order chi connectivity index (χ1) is 10.0. The number of rotatable bonds is 3. The average Bonchev–Trinajstić information content (AvgIpc) is 2.77. The van der Waals surface area contributed by atoms with Crippen LogP contribution in [0.3, 0.4) is 0 Å². The van der Waals surface area contributed by atoms with E-state index in [2.05, 4.69) is 5.32 Å². The molecule has 1 unspecified atom stereocenters. The highest BCUT2D eigenvalue weighted by Crippen LogP contribution is 2.16. The fourth-order valence-corrected chi connectivity index (χ4v) is 3.69. The smallest absolute Gasteiger partial charge is 0.224 e. The van der Waals surface area contributed by atoms with E-state index in [1.165, 1.54) is 6.08 Å². The molecule has 0 aliphatic carbocycles. The van der Waals surface area contributed by atoms with Gasteiger partial charge in [-0.15, -0.1) is 0 Å². The summed E-state index contributed by atoms with van der Waals surface area (Å²) in [6.07, 6.45) is 1.77. The second-order valence-corrected chi connectivity index (χ2v) is 7.12. The predicted molar refractivity (Wildman–Crippen MR) is 82.5 cm³/mol. The Morgan fingerprint density at radius 3 is 2.62 bits per heavy atom. The van der Waals surface area contributed by atoms with Crippen molar-refractivity contribution >= 4 is 26.5 Å². The van der Waals surface area contributed by atoms with Crippen LogP contribution in [0.15, 0.2) is 53.9 Å². The number of sulfone groups is 1. The Hall–Kier alpha value is -2.14. The SMILES string of the molecule is O=C(Cc1ccc2ccccc2c1)NC1C=CS(=O)(=O)C1. The Morgan fingerprint density at radius 1 is 1.14 bits per heavy atom. The predicted octanol–water partition coefficient (Wildman–Crippen LogP) is 1.81. The van der Waals surface area contributed by atoms with E-state index in [9.17, 15) is 13.2 Å². The van der Waals surface area contributed by atoms with Crippen molar-refractivity contribution in [2.45, 2.75) is 12.5 Å². The lowest BCUT2D eigenvalue weighted by Crippen LogP contribution is -2.36. The number of carbonyl (C=O) groups is 1. The molecule has 1 heterocycles. The average molecular weight is 301 g/mol. The maximum absolute atomic E-state index is 12.0. The van der Waals surface area contributed by atoms with Crippen LogP contribution in [0, 0.1) is 0 Å². The third kappa shape index (κ3) is 3.31. The van der Waals surface area contributed by atoms with Crippen molar-refractivity contribution < 1.29 is 13.2 Å². The van der Waals surface area contributed by atoms with Gasteiger partial charge in [-0.05, 0) is 22.4 Å². The standard InChI is InChI=1S/C16H15NO3S/c18-16(17-15-7-8-21(19,20)11-15)10-12-5-6-13-3-1-2-4-14(13)9-12/h1-9,15H,10-11H2,(H,17,18). The number of hydrogen-bond donors (Lipinski definition) is 1. The molecule has 108 valence electrons. The van der Waals surface area contributed by atoms with Crippen molar-refractivity contribution in [2.24, 2.45) is 0 Å². The van der Waals surface area contributed by atoms with E-state index in [-0.39, 0.29) is 18.1 Å². The van der Waals surface area contributed by atoms with E-state index in [1.54, 1.807) is 0 Å². The minimum Gasteiger partial charge on any atom is -0.349 e. The number of nitrogens with one attached hydrogen (secondary N) is 1. The highest BCUT2D eigenvalue weighted by Gasteiger charge is 2.22. The van der Waals surface area contributed by atoms with Gasteiger partial charge in [0.15, 0.2) is 9.84 Å². The molecule has 0 saturated carbocycles. The van der Waals surface area contributed by atoms with Crippen LogP contribution in [0.5, 0.6) is 0 Å². The molecule has 21 heavy (non-hydrogen) atoms. The van der Waals surface area contributed by atoms with Crippen molar-refractivity contribution in [3.8, 4) is 0 Å². The van der Waals surface area contributed by atoms with Crippen molar-refractivity contribution in [3.63, 3.8) is 0 Å². The zero-order chi connectivity index (χ0) is 14.9. The summed E-state index contributed by atoms with van der Waals surface area (Å²) in [7, 11) is -3.14. The largest absolute Gasteiger partial charge is 0.349 e. The normalized spacial score (nSPS) is 19.7. The van der Waals surface area contributed by atoms with Gasteiger partial charge in [0.1, 0.15) is 0 Å². The summed E-state index contributed by atoms with van der Waals surface area (Å²) < 4.78 is 22.6. The highest BCUT2D eigenvalue weighted by atomic mass is 32.2. The van der Waals surface area contributed by atoms with Crippen LogP contribution in [0.4, 0.5) is 0 Å². The molecule has 0 spiro atoms. The van der Waals surface area contributed by atoms with Crippen LogP contribution < -0.4 is 5.32 Å². The van der Waals surface area contributed by atoms with Gasteiger partial charge in [-0.3, -0.25) is 4.79 Å². The zero-order valence-corrected chi connectivity index (χ0v) is 12.1. The van der Waals surface area contributed by atoms with Crippen molar-refractivity contribution in [2.75, 3.05) is 5.75 Å². The molecule has 0 fully saturated rings. The maximum Gasteiger partial charge on any atom is 0.224 e. The Balaban J connectivity index is 1.68. The summed E-state index contributed by atoms with van der Waals surface area (Å²) in [6, 6.07) is 13.4. The van der Waals surface area contributed by atoms with E-state index in [1.807, 2.05) is 42.5 Å². The molecule has 1 aliphatic heterocycles. The fraction of sp³-hybridized carbons (Fsp3) is 0.188.